The third-order valence-corrected chi connectivity index (χ3v) is 6.17. The summed E-state index contributed by atoms with van der Waals surface area (Å²) < 4.78 is 1.84. The molecule has 30 heavy (non-hydrogen) atoms. The standard InChI is InChI=1S/C24H24N4O2/c29-22(25-14-17-7-3-1-4-8-17)20-15-26-28-16-19(13-21(20)28)27-23(30)24(11-12-24)18-9-5-2-6-10-18/h1-10,15,19H,11-14,16H2,(H,25,29)(H,27,30). The van der Waals surface area contributed by atoms with Crippen LogP contribution in [0.4, 0.5) is 0 Å². The molecular formula is C24H24N4O2. The fraction of sp³-hybridized carbons (Fsp3) is 0.292. The summed E-state index contributed by atoms with van der Waals surface area (Å²) in [7, 11) is 0. The Bertz CT molecular complexity index is 1070. The fourth-order valence-corrected chi connectivity index (χ4v) is 4.30. The number of amides is 2. The molecule has 2 heterocycles. The maximum absolute atomic E-state index is 13.0. The van der Waals surface area contributed by atoms with Crippen LogP contribution in [-0.4, -0.2) is 27.6 Å². The lowest BCUT2D eigenvalue weighted by atomic mass is 9.94. The molecule has 2 N–H and O–H groups in total. The van der Waals surface area contributed by atoms with Crippen LogP contribution in [0, 0.1) is 0 Å². The molecule has 2 aliphatic rings. The molecule has 0 radical (unpaired) electrons. The van der Waals surface area contributed by atoms with E-state index in [1.54, 1.807) is 6.20 Å². The molecule has 0 saturated heterocycles. The Morgan fingerprint density at radius 1 is 1.03 bits per heavy atom. The van der Waals surface area contributed by atoms with Crippen molar-refractivity contribution in [3.63, 3.8) is 0 Å². The number of hydrogen-bond donors (Lipinski definition) is 2. The van der Waals surface area contributed by atoms with Gasteiger partial charge in [-0.05, 0) is 24.0 Å². The number of rotatable bonds is 6. The zero-order valence-corrected chi connectivity index (χ0v) is 16.7. The van der Waals surface area contributed by atoms with E-state index in [1.807, 2.05) is 65.3 Å². The minimum atomic E-state index is -0.387. The van der Waals surface area contributed by atoms with E-state index in [0.29, 0.717) is 25.1 Å². The molecule has 0 spiro atoms. The summed E-state index contributed by atoms with van der Waals surface area (Å²) in [5, 5.41) is 10.5. The number of nitrogens with one attached hydrogen (secondary N) is 2. The summed E-state index contributed by atoms with van der Waals surface area (Å²) in [6.07, 6.45) is 4.01. The van der Waals surface area contributed by atoms with Crippen molar-refractivity contribution in [1.82, 2.24) is 20.4 Å². The number of carbonyl (C=O) groups is 2. The summed E-state index contributed by atoms with van der Waals surface area (Å²) in [6.45, 7) is 1.07. The number of fused-ring (bicyclic) bond motifs is 1. The van der Waals surface area contributed by atoms with E-state index in [1.165, 1.54) is 0 Å². The van der Waals surface area contributed by atoms with Crippen molar-refractivity contribution in [2.24, 2.45) is 0 Å². The van der Waals surface area contributed by atoms with Crippen LogP contribution >= 0.6 is 0 Å². The van der Waals surface area contributed by atoms with Gasteiger partial charge in [-0.25, -0.2) is 0 Å². The van der Waals surface area contributed by atoms with Crippen LogP contribution in [0.5, 0.6) is 0 Å². The Labute approximate surface area is 175 Å². The molecule has 3 aromatic rings. The van der Waals surface area contributed by atoms with Crippen LogP contribution in [0.1, 0.15) is 40.0 Å². The van der Waals surface area contributed by atoms with Crippen molar-refractivity contribution in [3.8, 4) is 0 Å². The Kier molecular flexibility index (Phi) is 4.62. The first kappa shape index (κ1) is 18.6. The van der Waals surface area contributed by atoms with Gasteiger partial charge in [-0.15, -0.1) is 0 Å². The van der Waals surface area contributed by atoms with Gasteiger partial charge in [0, 0.05) is 13.0 Å². The normalized spacial score (nSPS) is 18.5. The summed E-state index contributed by atoms with van der Waals surface area (Å²) in [6, 6.07) is 19.8. The third kappa shape index (κ3) is 3.38. The highest BCUT2D eigenvalue weighted by atomic mass is 16.2. The molecule has 6 heteroatoms. The predicted octanol–water partition coefficient (Wildman–Crippen LogP) is 2.59. The first-order chi connectivity index (χ1) is 14.7. The van der Waals surface area contributed by atoms with E-state index < -0.39 is 0 Å². The van der Waals surface area contributed by atoms with Crippen LogP contribution in [-0.2, 0) is 29.7 Å². The molecule has 2 aromatic carbocycles. The van der Waals surface area contributed by atoms with E-state index in [0.717, 1.165) is 29.7 Å². The quantitative estimate of drug-likeness (QED) is 0.668. The second kappa shape index (κ2) is 7.44. The SMILES string of the molecule is O=C(NCc1ccccc1)c1cnn2c1CC(NC(=O)C1(c3ccccc3)CC1)C2. The van der Waals surface area contributed by atoms with E-state index in [9.17, 15) is 9.59 Å². The van der Waals surface area contributed by atoms with Crippen molar-refractivity contribution in [2.75, 3.05) is 0 Å². The van der Waals surface area contributed by atoms with Crippen molar-refractivity contribution >= 4 is 11.8 Å². The highest BCUT2D eigenvalue weighted by molar-refractivity contribution is 5.95. The number of carbonyl (C=O) groups excluding carboxylic acids is 2. The van der Waals surface area contributed by atoms with Gasteiger partial charge in [0.15, 0.2) is 0 Å². The lowest BCUT2D eigenvalue weighted by Crippen LogP contribution is -2.42. The zero-order valence-electron chi connectivity index (χ0n) is 16.7. The Morgan fingerprint density at radius 3 is 2.43 bits per heavy atom. The second-order valence-corrected chi connectivity index (χ2v) is 8.18. The van der Waals surface area contributed by atoms with Gasteiger partial charge < -0.3 is 10.6 Å². The van der Waals surface area contributed by atoms with Crippen LogP contribution < -0.4 is 10.6 Å². The first-order valence-electron chi connectivity index (χ1n) is 10.4. The molecule has 1 unspecified atom stereocenters. The number of aromatic nitrogens is 2. The summed E-state index contributed by atoms with van der Waals surface area (Å²) >= 11 is 0. The van der Waals surface area contributed by atoms with Crippen LogP contribution in [0.25, 0.3) is 0 Å². The lowest BCUT2D eigenvalue weighted by molar-refractivity contribution is -0.124. The molecule has 1 aliphatic carbocycles. The maximum Gasteiger partial charge on any atom is 0.255 e. The number of benzene rings is 2. The fourth-order valence-electron chi connectivity index (χ4n) is 4.30. The molecule has 1 aromatic heterocycles. The van der Waals surface area contributed by atoms with Gasteiger partial charge >= 0.3 is 0 Å². The van der Waals surface area contributed by atoms with Crippen molar-refractivity contribution in [3.05, 3.63) is 89.2 Å². The van der Waals surface area contributed by atoms with Gasteiger partial charge in [0.2, 0.25) is 5.91 Å². The monoisotopic (exact) mass is 400 g/mol. The zero-order chi connectivity index (χ0) is 20.6. The molecule has 1 saturated carbocycles. The van der Waals surface area contributed by atoms with E-state index in [4.69, 9.17) is 0 Å². The molecule has 1 atom stereocenters. The second-order valence-electron chi connectivity index (χ2n) is 8.18. The molecule has 6 nitrogen and oxygen atoms in total. The van der Waals surface area contributed by atoms with Gasteiger partial charge in [0.25, 0.3) is 5.91 Å². The van der Waals surface area contributed by atoms with Gasteiger partial charge in [-0.1, -0.05) is 60.7 Å². The molecule has 152 valence electrons. The van der Waals surface area contributed by atoms with Crippen molar-refractivity contribution in [1.29, 1.82) is 0 Å². The van der Waals surface area contributed by atoms with Gasteiger partial charge in [0.05, 0.1) is 35.5 Å². The Hall–Kier alpha value is -3.41. The highest BCUT2D eigenvalue weighted by Crippen LogP contribution is 2.48. The van der Waals surface area contributed by atoms with Gasteiger partial charge in [-0.3, -0.25) is 14.3 Å². The van der Waals surface area contributed by atoms with E-state index in [2.05, 4.69) is 15.7 Å². The Morgan fingerprint density at radius 2 is 1.73 bits per heavy atom. The highest BCUT2D eigenvalue weighted by Gasteiger charge is 2.51. The molecule has 2 amide bonds. The minimum absolute atomic E-state index is 0.0388. The Balaban J connectivity index is 1.22. The largest absolute Gasteiger partial charge is 0.350 e. The van der Waals surface area contributed by atoms with Crippen molar-refractivity contribution < 1.29 is 9.59 Å². The molecular weight excluding hydrogens is 376 g/mol. The van der Waals surface area contributed by atoms with Crippen molar-refractivity contribution in [2.45, 2.75) is 43.8 Å². The number of nitrogens with zero attached hydrogens (tertiary/aromatic N) is 2. The van der Waals surface area contributed by atoms with Crippen LogP contribution in [0.2, 0.25) is 0 Å². The summed E-state index contributed by atoms with van der Waals surface area (Å²) in [4.78, 5) is 25.7. The summed E-state index contributed by atoms with van der Waals surface area (Å²) in [5.74, 6) is -0.0467. The topological polar surface area (TPSA) is 76.0 Å². The molecule has 1 fully saturated rings. The van der Waals surface area contributed by atoms with E-state index in [-0.39, 0.29) is 23.3 Å². The van der Waals surface area contributed by atoms with Gasteiger partial charge in [0.1, 0.15) is 0 Å². The van der Waals surface area contributed by atoms with E-state index >= 15 is 0 Å². The van der Waals surface area contributed by atoms with Crippen LogP contribution in [0.3, 0.4) is 0 Å². The molecule has 0 bridgehead atoms. The lowest BCUT2D eigenvalue weighted by Gasteiger charge is -2.19. The first-order valence-corrected chi connectivity index (χ1v) is 10.4. The predicted molar refractivity (Wildman–Crippen MR) is 113 cm³/mol. The average Bonchev–Trinajstić information content (AvgIpc) is 3.37. The molecule has 1 aliphatic heterocycles. The summed E-state index contributed by atoms with van der Waals surface area (Å²) in [5.41, 5.74) is 3.22. The maximum atomic E-state index is 13.0. The van der Waals surface area contributed by atoms with Gasteiger partial charge in [-0.2, -0.15) is 5.10 Å². The average molecular weight is 400 g/mol. The molecule has 5 rings (SSSR count). The smallest absolute Gasteiger partial charge is 0.255 e. The third-order valence-electron chi connectivity index (χ3n) is 6.17. The van der Waals surface area contributed by atoms with Crippen LogP contribution in [0.15, 0.2) is 66.9 Å². The number of hydrogen-bond acceptors (Lipinski definition) is 3. The minimum Gasteiger partial charge on any atom is -0.350 e.